The van der Waals surface area contributed by atoms with Crippen molar-refractivity contribution in [1.29, 1.82) is 0 Å². The Balaban J connectivity index is 2.61. The van der Waals surface area contributed by atoms with Crippen LogP contribution in [0, 0.1) is 0 Å². The van der Waals surface area contributed by atoms with E-state index in [1.54, 1.807) is 12.1 Å². The minimum Gasteiger partial charge on any atom is -0.481 e. The van der Waals surface area contributed by atoms with Gasteiger partial charge in [0.05, 0.1) is 0 Å². The average Bonchev–Trinajstić information content (AvgIpc) is 2.15. The van der Waals surface area contributed by atoms with Gasteiger partial charge in [-0.3, -0.25) is 4.79 Å². The Morgan fingerprint density at radius 1 is 1.29 bits per heavy atom. The first kappa shape index (κ1) is 10.8. The summed E-state index contributed by atoms with van der Waals surface area (Å²) in [6.45, 7) is 3.82. The van der Waals surface area contributed by atoms with Crippen LogP contribution in [0.3, 0.4) is 0 Å². The summed E-state index contributed by atoms with van der Waals surface area (Å²) >= 11 is 5.72. The fraction of sp³-hybridized carbons (Fsp3) is 0.182. The van der Waals surface area contributed by atoms with Crippen molar-refractivity contribution in [1.82, 2.24) is 0 Å². The summed E-state index contributed by atoms with van der Waals surface area (Å²) < 4.78 is 0. The number of hydrogen-bond acceptors (Lipinski definition) is 1. The van der Waals surface area contributed by atoms with Crippen LogP contribution in [0.2, 0.25) is 5.02 Å². The maximum absolute atomic E-state index is 10.3. The lowest BCUT2D eigenvalue weighted by molar-refractivity contribution is -0.136. The molecule has 1 rings (SSSR count). The fourth-order valence-corrected chi connectivity index (χ4v) is 1.21. The minimum absolute atomic E-state index is 0.113. The Hall–Kier alpha value is -1.28. The van der Waals surface area contributed by atoms with Crippen LogP contribution in [0.15, 0.2) is 30.8 Å². The van der Waals surface area contributed by atoms with E-state index in [0.29, 0.717) is 11.4 Å². The van der Waals surface area contributed by atoms with Crippen LogP contribution >= 0.6 is 11.6 Å². The summed E-state index contributed by atoms with van der Waals surface area (Å²) in [4.78, 5) is 10.3. The Kier molecular flexibility index (Phi) is 3.72. The molecular weight excluding hydrogens is 200 g/mol. The van der Waals surface area contributed by atoms with Crippen molar-refractivity contribution in [3.63, 3.8) is 0 Å². The van der Waals surface area contributed by atoms with E-state index in [-0.39, 0.29) is 6.42 Å². The lowest BCUT2D eigenvalue weighted by atomic mass is 10.0. The molecule has 0 saturated heterocycles. The van der Waals surface area contributed by atoms with Crippen LogP contribution in [-0.2, 0) is 4.79 Å². The van der Waals surface area contributed by atoms with Crippen LogP contribution in [0.5, 0.6) is 0 Å². The van der Waals surface area contributed by atoms with Crippen molar-refractivity contribution < 1.29 is 9.90 Å². The van der Waals surface area contributed by atoms with Crippen molar-refractivity contribution in [3.05, 3.63) is 41.4 Å². The normalized spacial score (nSPS) is 9.79. The lowest BCUT2D eigenvalue weighted by Crippen LogP contribution is -1.94. The first-order valence-electron chi connectivity index (χ1n) is 4.25. The van der Waals surface area contributed by atoms with Crippen molar-refractivity contribution in [2.45, 2.75) is 12.8 Å². The van der Waals surface area contributed by atoms with E-state index in [9.17, 15) is 4.79 Å². The Bertz CT molecular complexity index is 341. The molecule has 1 N–H and O–H groups in total. The molecule has 14 heavy (non-hydrogen) atoms. The molecule has 0 aliphatic heterocycles. The molecule has 1 aromatic carbocycles. The predicted octanol–water partition coefficient (Wildman–Crippen LogP) is 3.22. The number of halogens is 1. The Morgan fingerprint density at radius 2 is 1.86 bits per heavy atom. The van der Waals surface area contributed by atoms with Crippen molar-refractivity contribution in [3.8, 4) is 0 Å². The van der Waals surface area contributed by atoms with Gasteiger partial charge in [0.1, 0.15) is 0 Å². The van der Waals surface area contributed by atoms with Gasteiger partial charge in [0.25, 0.3) is 0 Å². The van der Waals surface area contributed by atoms with Crippen LogP contribution in [0.1, 0.15) is 18.4 Å². The molecule has 0 spiro atoms. The number of carboxylic acids is 1. The molecule has 0 saturated carbocycles. The molecule has 1 aromatic rings. The summed E-state index contributed by atoms with van der Waals surface area (Å²) in [5.41, 5.74) is 1.76. The number of rotatable bonds is 4. The summed E-state index contributed by atoms with van der Waals surface area (Å²) in [6.07, 6.45) is 0.582. The molecule has 74 valence electrons. The topological polar surface area (TPSA) is 37.3 Å². The number of allylic oxidation sites excluding steroid dienone is 1. The zero-order valence-electron chi connectivity index (χ0n) is 7.66. The van der Waals surface area contributed by atoms with Crippen LogP contribution in [-0.4, -0.2) is 11.1 Å². The second-order valence-electron chi connectivity index (χ2n) is 3.00. The third-order valence-electron chi connectivity index (χ3n) is 1.89. The smallest absolute Gasteiger partial charge is 0.303 e. The number of carboxylic acid groups (broad SMARTS) is 1. The highest BCUT2D eigenvalue weighted by Crippen LogP contribution is 2.19. The molecule has 0 radical (unpaired) electrons. The number of carbonyl (C=O) groups is 1. The SMILES string of the molecule is C=C(CCC(=O)O)c1ccc(Cl)cc1. The first-order valence-corrected chi connectivity index (χ1v) is 4.63. The summed E-state index contributed by atoms with van der Waals surface area (Å²) in [6, 6.07) is 7.21. The highest BCUT2D eigenvalue weighted by Gasteiger charge is 2.02. The Labute approximate surface area is 87.8 Å². The van der Waals surface area contributed by atoms with Gasteiger partial charge in [-0.15, -0.1) is 0 Å². The number of hydrogen-bond donors (Lipinski definition) is 1. The van der Waals surface area contributed by atoms with Gasteiger partial charge in [0.15, 0.2) is 0 Å². The standard InChI is InChI=1S/C11H11ClO2/c1-8(2-7-11(13)14)9-3-5-10(12)6-4-9/h3-6H,1-2,7H2,(H,13,14). The van der Waals surface area contributed by atoms with E-state index >= 15 is 0 Å². The molecule has 0 heterocycles. The molecule has 0 atom stereocenters. The van der Waals surface area contributed by atoms with Gasteiger partial charge in [0.2, 0.25) is 0 Å². The molecule has 0 aliphatic rings. The third kappa shape index (κ3) is 3.23. The van der Waals surface area contributed by atoms with E-state index in [1.165, 1.54) is 0 Å². The van der Waals surface area contributed by atoms with Crippen LogP contribution in [0.25, 0.3) is 5.57 Å². The molecule has 0 aromatic heterocycles. The highest BCUT2D eigenvalue weighted by molar-refractivity contribution is 6.30. The Morgan fingerprint density at radius 3 is 2.36 bits per heavy atom. The van der Waals surface area contributed by atoms with Crippen molar-refractivity contribution >= 4 is 23.1 Å². The first-order chi connectivity index (χ1) is 6.59. The lowest BCUT2D eigenvalue weighted by Gasteiger charge is -2.03. The van der Waals surface area contributed by atoms with Crippen molar-refractivity contribution in [2.24, 2.45) is 0 Å². The van der Waals surface area contributed by atoms with Gasteiger partial charge in [-0.2, -0.15) is 0 Å². The van der Waals surface area contributed by atoms with E-state index in [4.69, 9.17) is 16.7 Å². The summed E-state index contributed by atoms with van der Waals surface area (Å²) in [5, 5.41) is 9.16. The maximum Gasteiger partial charge on any atom is 0.303 e. The monoisotopic (exact) mass is 210 g/mol. The second kappa shape index (κ2) is 4.82. The molecule has 3 heteroatoms. The zero-order chi connectivity index (χ0) is 10.6. The number of benzene rings is 1. The molecule has 0 unspecified atom stereocenters. The number of aliphatic carboxylic acids is 1. The quantitative estimate of drug-likeness (QED) is 0.829. The largest absolute Gasteiger partial charge is 0.481 e. The van der Waals surface area contributed by atoms with Crippen LogP contribution in [0.4, 0.5) is 0 Å². The fourth-order valence-electron chi connectivity index (χ4n) is 1.09. The van der Waals surface area contributed by atoms with E-state index in [2.05, 4.69) is 6.58 Å². The summed E-state index contributed by atoms with van der Waals surface area (Å²) in [7, 11) is 0. The maximum atomic E-state index is 10.3. The molecule has 0 amide bonds. The van der Waals surface area contributed by atoms with Gasteiger partial charge in [-0.1, -0.05) is 30.3 Å². The average molecular weight is 211 g/mol. The predicted molar refractivity (Wildman–Crippen MR) is 57.4 cm³/mol. The molecule has 0 aliphatic carbocycles. The highest BCUT2D eigenvalue weighted by atomic mass is 35.5. The van der Waals surface area contributed by atoms with E-state index in [0.717, 1.165) is 11.1 Å². The van der Waals surface area contributed by atoms with Gasteiger partial charge in [-0.25, -0.2) is 0 Å². The third-order valence-corrected chi connectivity index (χ3v) is 2.15. The summed E-state index contributed by atoms with van der Waals surface area (Å²) in [5.74, 6) is -0.805. The van der Waals surface area contributed by atoms with Gasteiger partial charge < -0.3 is 5.11 Å². The minimum atomic E-state index is -0.805. The zero-order valence-corrected chi connectivity index (χ0v) is 8.42. The van der Waals surface area contributed by atoms with Gasteiger partial charge >= 0.3 is 5.97 Å². The van der Waals surface area contributed by atoms with Gasteiger partial charge in [0, 0.05) is 11.4 Å². The van der Waals surface area contributed by atoms with Gasteiger partial charge in [-0.05, 0) is 29.7 Å². The molecular formula is C11H11ClO2. The van der Waals surface area contributed by atoms with Crippen molar-refractivity contribution in [2.75, 3.05) is 0 Å². The van der Waals surface area contributed by atoms with E-state index < -0.39 is 5.97 Å². The van der Waals surface area contributed by atoms with E-state index in [1.807, 2.05) is 12.1 Å². The second-order valence-corrected chi connectivity index (χ2v) is 3.44. The molecule has 0 fully saturated rings. The molecule has 2 nitrogen and oxygen atoms in total. The van der Waals surface area contributed by atoms with Crippen LogP contribution < -0.4 is 0 Å². The molecule has 0 bridgehead atoms.